The van der Waals surface area contributed by atoms with Crippen LogP contribution in [0, 0.1) is 0 Å². The van der Waals surface area contributed by atoms with Gasteiger partial charge in [-0.05, 0) is 5.56 Å². The third-order valence-corrected chi connectivity index (χ3v) is 1.64. The van der Waals surface area contributed by atoms with Crippen LogP contribution in [-0.4, -0.2) is 24.1 Å². The maximum Gasteiger partial charge on any atom is 0.151 e. The van der Waals surface area contributed by atoms with Crippen molar-refractivity contribution < 1.29 is 14.6 Å². The number of rotatable bonds is 5. The van der Waals surface area contributed by atoms with Gasteiger partial charge < -0.3 is 14.6 Å². The Morgan fingerprint density at radius 1 is 1.38 bits per heavy atom. The number of hydrogen-bond acceptors (Lipinski definition) is 3. The molecule has 0 bridgehead atoms. The molecule has 0 spiro atoms. The summed E-state index contributed by atoms with van der Waals surface area (Å²) in [5, 5.41) is 8.65. The van der Waals surface area contributed by atoms with Crippen LogP contribution in [0.2, 0.25) is 0 Å². The van der Waals surface area contributed by atoms with E-state index in [1.165, 1.54) is 0 Å². The predicted octanol–water partition coefficient (Wildman–Crippen LogP) is 0.763. The molecule has 1 rings (SSSR count). The van der Waals surface area contributed by atoms with E-state index in [9.17, 15) is 4.79 Å². The summed E-state index contributed by atoms with van der Waals surface area (Å²) in [6.07, 6.45) is -0.108. The Hall–Kier alpha value is -1.19. The first kappa shape index (κ1) is 9.89. The van der Waals surface area contributed by atoms with Crippen LogP contribution in [0.4, 0.5) is 0 Å². The topological polar surface area (TPSA) is 46.5 Å². The van der Waals surface area contributed by atoms with Crippen molar-refractivity contribution in [2.45, 2.75) is 12.7 Å². The first-order chi connectivity index (χ1) is 6.36. The van der Waals surface area contributed by atoms with E-state index in [0.717, 1.165) is 5.56 Å². The molecule has 0 saturated carbocycles. The van der Waals surface area contributed by atoms with Crippen LogP contribution in [0.5, 0.6) is 0 Å². The third-order valence-electron chi connectivity index (χ3n) is 1.64. The molecule has 3 nitrogen and oxygen atoms in total. The summed E-state index contributed by atoms with van der Waals surface area (Å²) in [7, 11) is 0. The molecule has 1 N–H and O–H groups in total. The summed E-state index contributed by atoms with van der Waals surface area (Å²) in [5.74, 6) is 0. The van der Waals surface area contributed by atoms with E-state index in [1.807, 2.05) is 30.3 Å². The zero-order chi connectivity index (χ0) is 9.52. The van der Waals surface area contributed by atoms with Crippen molar-refractivity contribution in [2.75, 3.05) is 6.61 Å². The van der Waals surface area contributed by atoms with Crippen molar-refractivity contribution in [2.24, 2.45) is 0 Å². The van der Waals surface area contributed by atoms with Gasteiger partial charge in [0.05, 0.1) is 13.2 Å². The number of hydrogen-bond donors (Lipinski definition) is 1. The van der Waals surface area contributed by atoms with E-state index in [2.05, 4.69) is 0 Å². The quantitative estimate of drug-likeness (QED) is 0.680. The van der Waals surface area contributed by atoms with Gasteiger partial charge in [0.15, 0.2) is 6.29 Å². The minimum Gasteiger partial charge on any atom is -0.393 e. The van der Waals surface area contributed by atoms with E-state index in [-0.39, 0.29) is 6.61 Å². The van der Waals surface area contributed by atoms with Gasteiger partial charge in [-0.1, -0.05) is 30.3 Å². The lowest BCUT2D eigenvalue weighted by atomic mass is 10.2. The van der Waals surface area contributed by atoms with Crippen molar-refractivity contribution in [1.82, 2.24) is 0 Å². The second-order valence-corrected chi connectivity index (χ2v) is 2.65. The molecule has 0 aromatic heterocycles. The van der Waals surface area contributed by atoms with E-state index < -0.39 is 6.10 Å². The van der Waals surface area contributed by atoms with Crippen LogP contribution < -0.4 is 0 Å². The highest BCUT2D eigenvalue weighted by atomic mass is 16.5. The molecule has 1 aromatic rings. The summed E-state index contributed by atoms with van der Waals surface area (Å²) in [6, 6.07) is 9.51. The molecule has 0 amide bonds. The summed E-state index contributed by atoms with van der Waals surface area (Å²) in [6.45, 7) is 0.0845. The van der Waals surface area contributed by atoms with Crippen molar-refractivity contribution >= 4 is 6.29 Å². The van der Waals surface area contributed by atoms with Gasteiger partial charge >= 0.3 is 0 Å². The van der Waals surface area contributed by atoms with Gasteiger partial charge in [-0.3, -0.25) is 0 Å². The molecule has 0 aliphatic carbocycles. The number of carbonyl (C=O) groups is 1. The largest absolute Gasteiger partial charge is 0.393 e. The average Bonchev–Trinajstić information content (AvgIpc) is 2.21. The standard InChI is InChI=1S/C10H12O3/c11-6-10(7-12)13-8-9-4-2-1-3-5-9/h1-6,10,12H,7-8H2/t10-/m0/s1. The molecule has 13 heavy (non-hydrogen) atoms. The minimum absolute atomic E-state index is 0.268. The van der Waals surface area contributed by atoms with Crippen LogP contribution in [0.15, 0.2) is 30.3 Å². The normalized spacial score (nSPS) is 12.4. The molecule has 0 fully saturated rings. The van der Waals surface area contributed by atoms with Gasteiger partial charge in [-0.25, -0.2) is 0 Å². The Balaban J connectivity index is 2.38. The number of aldehydes is 1. The predicted molar refractivity (Wildman–Crippen MR) is 48.2 cm³/mol. The van der Waals surface area contributed by atoms with E-state index in [1.54, 1.807) is 0 Å². The molecule has 0 radical (unpaired) electrons. The van der Waals surface area contributed by atoms with Crippen molar-refractivity contribution in [3.8, 4) is 0 Å². The third kappa shape index (κ3) is 3.36. The summed E-state index contributed by atoms with van der Waals surface area (Å²) >= 11 is 0. The second kappa shape index (κ2) is 5.45. The lowest BCUT2D eigenvalue weighted by Crippen LogP contribution is -2.18. The van der Waals surface area contributed by atoms with Gasteiger partial charge in [-0.2, -0.15) is 0 Å². The Labute approximate surface area is 77.0 Å². The van der Waals surface area contributed by atoms with Gasteiger partial charge in [0, 0.05) is 0 Å². The maximum absolute atomic E-state index is 10.3. The van der Waals surface area contributed by atoms with Crippen LogP contribution in [0.25, 0.3) is 0 Å². The second-order valence-electron chi connectivity index (χ2n) is 2.65. The monoisotopic (exact) mass is 180 g/mol. The smallest absolute Gasteiger partial charge is 0.151 e. The first-order valence-electron chi connectivity index (χ1n) is 4.08. The van der Waals surface area contributed by atoms with E-state index in [4.69, 9.17) is 9.84 Å². The molecule has 1 atom stereocenters. The Morgan fingerprint density at radius 3 is 2.62 bits per heavy atom. The van der Waals surface area contributed by atoms with Crippen LogP contribution in [0.3, 0.4) is 0 Å². The molecule has 1 aromatic carbocycles. The maximum atomic E-state index is 10.3. The summed E-state index contributed by atoms with van der Waals surface area (Å²) in [4.78, 5) is 10.3. The number of aliphatic hydroxyl groups excluding tert-OH is 1. The molecule has 0 aliphatic rings. The molecule has 0 saturated heterocycles. The SMILES string of the molecule is O=C[C@@H](CO)OCc1ccccc1. The van der Waals surface area contributed by atoms with Crippen molar-refractivity contribution in [3.05, 3.63) is 35.9 Å². The fourth-order valence-electron chi connectivity index (χ4n) is 0.913. The van der Waals surface area contributed by atoms with Gasteiger partial charge in [-0.15, -0.1) is 0 Å². The highest BCUT2D eigenvalue weighted by Gasteiger charge is 2.04. The van der Waals surface area contributed by atoms with Gasteiger partial charge in [0.1, 0.15) is 6.10 Å². The fourth-order valence-corrected chi connectivity index (χ4v) is 0.913. The van der Waals surface area contributed by atoms with Crippen LogP contribution in [-0.2, 0) is 16.1 Å². The number of carbonyl (C=O) groups excluding carboxylic acids is 1. The lowest BCUT2D eigenvalue weighted by molar-refractivity contribution is -0.121. The van der Waals surface area contributed by atoms with Crippen LogP contribution in [0.1, 0.15) is 5.56 Å². The molecule has 0 aliphatic heterocycles. The highest BCUT2D eigenvalue weighted by molar-refractivity contribution is 5.56. The first-order valence-corrected chi connectivity index (χ1v) is 4.08. The summed E-state index contributed by atoms with van der Waals surface area (Å²) < 4.78 is 5.11. The number of benzene rings is 1. The van der Waals surface area contributed by atoms with Gasteiger partial charge in [0.25, 0.3) is 0 Å². The van der Waals surface area contributed by atoms with Crippen molar-refractivity contribution in [1.29, 1.82) is 0 Å². The molecule has 3 heteroatoms. The molecular weight excluding hydrogens is 168 g/mol. The average molecular weight is 180 g/mol. The summed E-state index contributed by atoms with van der Waals surface area (Å²) in [5.41, 5.74) is 0.989. The van der Waals surface area contributed by atoms with Crippen LogP contribution >= 0.6 is 0 Å². The molecule has 70 valence electrons. The molecule has 0 heterocycles. The Morgan fingerprint density at radius 2 is 2.08 bits per heavy atom. The Bertz CT molecular complexity index is 246. The van der Waals surface area contributed by atoms with E-state index >= 15 is 0 Å². The number of aliphatic hydroxyl groups is 1. The highest BCUT2D eigenvalue weighted by Crippen LogP contribution is 2.01. The minimum atomic E-state index is -0.708. The lowest BCUT2D eigenvalue weighted by Gasteiger charge is -2.08. The Kier molecular flexibility index (Phi) is 4.15. The fraction of sp³-hybridized carbons (Fsp3) is 0.300. The van der Waals surface area contributed by atoms with Gasteiger partial charge in [0.2, 0.25) is 0 Å². The van der Waals surface area contributed by atoms with E-state index in [0.29, 0.717) is 12.9 Å². The van der Waals surface area contributed by atoms with Crippen molar-refractivity contribution in [3.63, 3.8) is 0 Å². The number of ether oxygens (including phenoxy) is 1. The molecule has 0 unspecified atom stereocenters. The zero-order valence-corrected chi connectivity index (χ0v) is 7.22. The zero-order valence-electron chi connectivity index (χ0n) is 7.22. The molecular formula is C10H12O3.